The molecule has 0 amide bonds. The van der Waals surface area contributed by atoms with Crippen LogP contribution in [0.25, 0.3) is 0 Å². The molecule has 34 unspecified atom stereocenters. The van der Waals surface area contributed by atoms with Crippen molar-refractivity contribution in [3.8, 4) is 0 Å². The van der Waals surface area contributed by atoms with E-state index in [-0.39, 0.29) is 0 Å². The third-order valence-corrected chi connectivity index (χ3v) is 59.1. The van der Waals surface area contributed by atoms with Gasteiger partial charge in [-0.3, -0.25) is 14.7 Å². The highest BCUT2D eigenvalue weighted by atomic mass is 32.2. The van der Waals surface area contributed by atoms with Gasteiger partial charge in [-0.2, -0.15) is 35.3 Å². The van der Waals surface area contributed by atoms with Gasteiger partial charge in [0, 0.05) is 104 Å². The van der Waals surface area contributed by atoms with E-state index in [0.717, 1.165) is 257 Å². The van der Waals surface area contributed by atoms with E-state index in [1.165, 1.54) is 372 Å². The Kier molecular flexibility index (Phi) is 32.5. The standard InChI is InChI=1S/C50H81NOS.C46H75NOS.C37H61NOS/c1-2-11-32(12-3-1)33-21-25-37(26-22-33)51(38-27-23-35(24-28-38)40-19-10-15-34-13-4-6-16-39(34)40)44-31-36-14-5-7-17-41(36)47-43-29-30-46-48(49(43)52-50(44)47)42-18-8-9-20-45(42)53-46;1-3-12-30(13-4-1)32-22-26-34(27-23-32)47(35-28-24-33(25-29-35)31-14-5-2-6-15-31)40-20-11-19-39-42-36-16-7-8-17-37(36)46-43(45(42)48-44(39)40)38-18-9-10-21-41(38)49-46;1-24-14-16-25(17-15-24)26-18-20-28(21-19-26)38(27-8-3-2-4-9-27)32-12-7-11-29-30-22-23-34-35(37(30)39-36(29)32)31-10-5-6-13-33(31)40-34/h32-50H,1-31H2;30-46H,1-29H2;24-37H,2-23H2,1H3. The molecule has 0 aromatic heterocycles. The van der Waals surface area contributed by atoms with E-state index in [1.807, 2.05) is 0 Å². The Hall–Kier alpha value is 0.810. The molecule has 0 radical (unpaired) electrons. The fourth-order valence-corrected chi connectivity index (χ4v) is 54.0. The zero-order valence-electron chi connectivity index (χ0n) is 91.6. The fraction of sp³-hybridized carbons (Fsp3) is 1.00. The lowest BCUT2D eigenvalue weighted by Crippen LogP contribution is -2.61. The van der Waals surface area contributed by atoms with E-state index in [4.69, 9.17) is 14.2 Å². The van der Waals surface area contributed by atoms with Crippen LogP contribution in [0.4, 0.5) is 0 Å². The molecule has 142 heavy (non-hydrogen) atoms. The van der Waals surface area contributed by atoms with Crippen LogP contribution in [0, 0.1) is 172 Å². The second-order valence-electron chi connectivity index (χ2n) is 59.4. The molecule has 23 saturated carbocycles. The van der Waals surface area contributed by atoms with Gasteiger partial charge in [0.15, 0.2) is 0 Å². The van der Waals surface area contributed by atoms with Crippen molar-refractivity contribution in [2.45, 2.75) is 656 Å². The number of fused-ring (bicyclic) bond motifs is 27. The van der Waals surface area contributed by atoms with Crippen molar-refractivity contribution < 1.29 is 14.2 Å². The van der Waals surface area contributed by atoms with Crippen molar-refractivity contribution in [3.05, 3.63) is 0 Å². The highest BCUT2D eigenvalue weighted by molar-refractivity contribution is 8.01. The Morgan fingerprint density at radius 3 is 0.965 bits per heavy atom. The molecule has 29 fully saturated rings. The molecule has 29 aliphatic rings. The highest BCUT2D eigenvalue weighted by Gasteiger charge is 2.69. The first kappa shape index (κ1) is 101. The summed E-state index contributed by atoms with van der Waals surface area (Å²) in [6, 6.07) is 7.32. The summed E-state index contributed by atoms with van der Waals surface area (Å²) in [5.74, 6) is 28.8. The average molecular weight is 2000 g/mol. The number of rotatable bonds is 14. The van der Waals surface area contributed by atoms with Crippen molar-refractivity contribution in [3.63, 3.8) is 0 Å². The van der Waals surface area contributed by atoms with Gasteiger partial charge in [0.1, 0.15) is 0 Å². The Balaban J connectivity index is 0.000000108. The first-order valence-electron chi connectivity index (χ1n) is 67.6. The highest BCUT2D eigenvalue weighted by Crippen LogP contribution is 2.70. The SMILES string of the molecule is C1CCC(C2CCC(N(C3CCC(C4CCCC5CCCCC54)CC3)C3CC4CCCCC4C4C5CCC6SC7CCCCC7C6C5OC43)CC2)CC1.C1CCC(C2CCC(N(C3CCC(C4CCCCC4)CC3)C3CCCC4C3OC3C4C4CCCCC4C4SC5CCCCC5C34)CC2)CC1.CC1CCC(C2CCC(N(C3CCCCC3)C3CCCC4C5CCC6SC7CCCCC7C6C5OC43)CC2)CC1. The van der Waals surface area contributed by atoms with Crippen LogP contribution in [0.3, 0.4) is 0 Å². The molecule has 0 spiro atoms. The second-order valence-corrected chi connectivity index (χ2v) is 63.8. The minimum absolute atomic E-state index is 0.560. The molecule has 29 rings (SSSR count). The normalized spacial score (nSPS) is 52.0. The molecule has 0 aromatic rings. The maximum Gasteiger partial charge on any atom is 0.0769 e. The van der Waals surface area contributed by atoms with E-state index in [9.17, 15) is 0 Å². The molecule has 6 saturated heterocycles. The van der Waals surface area contributed by atoms with Gasteiger partial charge >= 0.3 is 0 Å². The van der Waals surface area contributed by atoms with Gasteiger partial charge in [-0.25, -0.2) is 0 Å². The molecule has 6 aliphatic heterocycles. The third kappa shape index (κ3) is 20.0. The molecule has 0 aromatic carbocycles. The molecule has 0 bridgehead atoms. The minimum atomic E-state index is 0.560. The molecule has 6 nitrogen and oxygen atoms in total. The van der Waals surface area contributed by atoms with Gasteiger partial charge in [0.05, 0.1) is 36.6 Å². The predicted octanol–water partition coefficient (Wildman–Crippen LogP) is 35.1. The van der Waals surface area contributed by atoms with E-state index in [0.29, 0.717) is 36.6 Å². The monoisotopic (exact) mass is 2000 g/mol. The van der Waals surface area contributed by atoms with Gasteiger partial charge in [0.25, 0.3) is 0 Å². The second kappa shape index (κ2) is 45.8. The number of thioether (sulfide) groups is 3. The fourth-order valence-electron chi connectivity index (χ4n) is 47.5. The summed E-state index contributed by atoms with van der Waals surface area (Å²) in [6.07, 6.45) is 128. The first-order valence-corrected chi connectivity index (χ1v) is 70.4. The molecule has 6 heterocycles. The topological polar surface area (TPSA) is 37.4 Å². The molecule has 0 N–H and O–H groups in total. The number of hydrogen-bond acceptors (Lipinski definition) is 9. The summed E-state index contributed by atoms with van der Waals surface area (Å²) in [5, 5.41) is 5.73. The molecule has 34 atom stereocenters. The summed E-state index contributed by atoms with van der Waals surface area (Å²) in [7, 11) is 0. The predicted molar refractivity (Wildman–Crippen MR) is 597 cm³/mol. The maximum absolute atomic E-state index is 7.99. The van der Waals surface area contributed by atoms with Crippen LogP contribution < -0.4 is 0 Å². The Bertz CT molecular complexity index is 3880. The number of hydrogen-bond donors (Lipinski definition) is 0. The third-order valence-electron chi connectivity index (χ3n) is 53.5. The van der Waals surface area contributed by atoms with Crippen molar-refractivity contribution in [2.24, 2.45) is 172 Å². The molecule has 800 valence electrons. The van der Waals surface area contributed by atoms with Crippen molar-refractivity contribution in [2.75, 3.05) is 0 Å². The first-order chi connectivity index (χ1) is 70.3. The van der Waals surface area contributed by atoms with Crippen LogP contribution in [0.5, 0.6) is 0 Å². The minimum Gasteiger partial charge on any atom is -0.372 e. The van der Waals surface area contributed by atoms with Crippen molar-refractivity contribution >= 4 is 35.3 Å². The van der Waals surface area contributed by atoms with Gasteiger partial charge in [-0.05, 0) is 436 Å². The van der Waals surface area contributed by atoms with Crippen LogP contribution in [0.2, 0.25) is 0 Å². The van der Waals surface area contributed by atoms with Gasteiger partial charge in [-0.15, -0.1) is 0 Å². The van der Waals surface area contributed by atoms with Gasteiger partial charge < -0.3 is 14.2 Å². The molecule has 23 aliphatic carbocycles. The van der Waals surface area contributed by atoms with Crippen molar-refractivity contribution in [1.29, 1.82) is 0 Å². The van der Waals surface area contributed by atoms with Crippen molar-refractivity contribution in [1.82, 2.24) is 14.7 Å². The van der Waals surface area contributed by atoms with Crippen LogP contribution in [-0.4, -0.2) is 137 Å². The van der Waals surface area contributed by atoms with E-state index < -0.39 is 0 Å². The van der Waals surface area contributed by atoms with E-state index >= 15 is 0 Å². The zero-order chi connectivity index (χ0) is 93.8. The quantitative estimate of drug-likeness (QED) is 0.169. The lowest BCUT2D eigenvalue weighted by Gasteiger charge is -2.56. The van der Waals surface area contributed by atoms with E-state index in [1.54, 1.807) is 154 Å². The lowest BCUT2D eigenvalue weighted by molar-refractivity contribution is -0.120. The zero-order valence-corrected chi connectivity index (χ0v) is 94.1. The van der Waals surface area contributed by atoms with Gasteiger partial charge in [-0.1, -0.05) is 251 Å². The summed E-state index contributed by atoms with van der Waals surface area (Å²) in [4.78, 5) is 10.0. The summed E-state index contributed by atoms with van der Waals surface area (Å²) < 4.78 is 23.5. The lowest BCUT2D eigenvalue weighted by atomic mass is 9.54. The Morgan fingerprint density at radius 1 is 0.155 bits per heavy atom. The smallest absolute Gasteiger partial charge is 0.0769 e. The summed E-state index contributed by atoms with van der Waals surface area (Å²) >= 11 is 7.44. The Labute approximate surface area is 885 Å². The summed E-state index contributed by atoms with van der Waals surface area (Å²) in [6.45, 7) is 2.49. The maximum atomic E-state index is 7.99. The largest absolute Gasteiger partial charge is 0.372 e. The van der Waals surface area contributed by atoms with Crippen LogP contribution in [0.15, 0.2) is 0 Å². The molecule has 9 heteroatoms. The van der Waals surface area contributed by atoms with E-state index in [2.05, 4.69) is 56.9 Å². The molecular weight excluding hydrogens is 1780 g/mol. The summed E-state index contributed by atoms with van der Waals surface area (Å²) in [5.41, 5.74) is 0. The Morgan fingerprint density at radius 2 is 0.451 bits per heavy atom. The number of nitrogens with zero attached hydrogens (tertiary/aromatic N) is 3. The van der Waals surface area contributed by atoms with Crippen LogP contribution in [-0.2, 0) is 14.2 Å². The average Bonchev–Trinajstić information content (AvgIpc) is 1.55. The molecular formula is C133H217N3O3S3. The number of ether oxygens (including phenoxy) is 3. The van der Waals surface area contributed by atoms with Crippen LogP contribution in [0.1, 0.15) is 533 Å². The van der Waals surface area contributed by atoms with Crippen LogP contribution >= 0.6 is 35.3 Å². The van der Waals surface area contributed by atoms with Gasteiger partial charge in [0.2, 0.25) is 0 Å².